The van der Waals surface area contributed by atoms with Gasteiger partial charge in [0.1, 0.15) is 0 Å². The standard InChI is InChI=1S/C29H23N3O/c33-29-26(27(23-15-7-2-8-16-23)30-21-22-13-5-1-6-14-22)28(24-17-9-3-10-18-24)31-32(29)25-19-11-4-12-20-25/h1-20,31H,21H2. The summed E-state index contributed by atoms with van der Waals surface area (Å²) in [6.07, 6.45) is 0. The SMILES string of the molecule is O=c1c(C(=NCc2ccccc2)c2ccccc2)c(-c2ccccc2)[nH]n1-c1ccccc1. The van der Waals surface area contributed by atoms with Crippen LogP contribution in [-0.4, -0.2) is 15.5 Å². The molecule has 0 aliphatic heterocycles. The highest BCUT2D eigenvalue weighted by atomic mass is 16.1. The van der Waals surface area contributed by atoms with Crippen LogP contribution in [0.1, 0.15) is 16.7 Å². The predicted molar refractivity (Wildman–Crippen MR) is 134 cm³/mol. The molecule has 0 saturated carbocycles. The Bertz CT molecular complexity index is 1420. The maximum Gasteiger partial charge on any atom is 0.281 e. The smallest absolute Gasteiger partial charge is 0.281 e. The minimum absolute atomic E-state index is 0.129. The van der Waals surface area contributed by atoms with Crippen molar-refractivity contribution in [3.8, 4) is 16.9 Å². The van der Waals surface area contributed by atoms with Crippen molar-refractivity contribution in [1.29, 1.82) is 0 Å². The van der Waals surface area contributed by atoms with Crippen LogP contribution in [-0.2, 0) is 6.54 Å². The number of aliphatic imine (C=N–C) groups is 1. The van der Waals surface area contributed by atoms with E-state index in [2.05, 4.69) is 5.10 Å². The van der Waals surface area contributed by atoms with Crippen molar-refractivity contribution >= 4 is 5.71 Å². The Hall–Kier alpha value is -4.44. The van der Waals surface area contributed by atoms with E-state index < -0.39 is 0 Å². The molecule has 0 fully saturated rings. The molecule has 1 heterocycles. The van der Waals surface area contributed by atoms with E-state index in [0.29, 0.717) is 17.8 Å². The fourth-order valence-electron chi connectivity index (χ4n) is 3.89. The van der Waals surface area contributed by atoms with Gasteiger partial charge in [-0.25, -0.2) is 4.68 Å². The highest BCUT2D eigenvalue weighted by Crippen LogP contribution is 2.24. The molecule has 0 amide bonds. The lowest BCUT2D eigenvalue weighted by atomic mass is 9.99. The van der Waals surface area contributed by atoms with Crippen LogP contribution in [0, 0.1) is 0 Å². The van der Waals surface area contributed by atoms with E-state index >= 15 is 0 Å². The first kappa shape index (κ1) is 20.5. The first-order chi connectivity index (χ1) is 16.3. The topological polar surface area (TPSA) is 50.1 Å². The fraction of sp³-hybridized carbons (Fsp3) is 0.0345. The van der Waals surface area contributed by atoms with Crippen molar-refractivity contribution < 1.29 is 0 Å². The molecule has 0 unspecified atom stereocenters. The molecule has 5 rings (SSSR count). The maximum absolute atomic E-state index is 13.8. The molecule has 1 aromatic heterocycles. The third-order valence-corrected chi connectivity index (χ3v) is 5.51. The zero-order valence-corrected chi connectivity index (χ0v) is 18.1. The Morgan fingerprint density at radius 2 is 1.24 bits per heavy atom. The van der Waals surface area contributed by atoms with Crippen LogP contribution in [0.3, 0.4) is 0 Å². The summed E-state index contributed by atoms with van der Waals surface area (Å²) in [5, 5.41) is 3.35. The number of H-pyrrole nitrogens is 1. The maximum atomic E-state index is 13.8. The van der Waals surface area contributed by atoms with Crippen LogP contribution in [0.25, 0.3) is 16.9 Å². The van der Waals surface area contributed by atoms with Crippen LogP contribution in [0.2, 0.25) is 0 Å². The summed E-state index contributed by atoms with van der Waals surface area (Å²) < 4.78 is 1.60. The van der Waals surface area contributed by atoms with Crippen LogP contribution in [0.5, 0.6) is 0 Å². The predicted octanol–water partition coefficient (Wildman–Crippen LogP) is 5.87. The molecule has 160 valence electrons. The molecule has 5 aromatic rings. The van der Waals surface area contributed by atoms with E-state index in [0.717, 1.165) is 28.1 Å². The Kier molecular flexibility index (Phi) is 5.81. The summed E-state index contributed by atoms with van der Waals surface area (Å²) in [6.45, 7) is 0.481. The van der Waals surface area contributed by atoms with Gasteiger partial charge in [0, 0.05) is 11.1 Å². The summed E-state index contributed by atoms with van der Waals surface area (Å²) in [4.78, 5) is 18.8. The quantitative estimate of drug-likeness (QED) is 0.337. The number of aromatic nitrogens is 2. The lowest BCUT2D eigenvalue weighted by Crippen LogP contribution is -2.21. The van der Waals surface area contributed by atoms with Crippen LogP contribution < -0.4 is 5.56 Å². The van der Waals surface area contributed by atoms with Gasteiger partial charge in [-0.15, -0.1) is 0 Å². The van der Waals surface area contributed by atoms with Crippen LogP contribution >= 0.6 is 0 Å². The number of hydrogen-bond acceptors (Lipinski definition) is 2. The lowest BCUT2D eigenvalue weighted by Gasteiger charge is -2.08. The molecular weight excluding hydrogens is 406 g/mol. The summed E-state index contributed by atoms with van der Waals surface area (Å²) in [5.74, 6) is 0. The molecule has 0 aliphatic rings. The molecule has 4 nitrogen and oxygen atoms in total. The van der Waals surface area contributed by atoms with Crippen molar-refractivity contribution in [3.63, 3.8) is 0 Å². The van der Waals surface area contributed by atoms with Crippen molar-refractivity contribution in [3.05, 3.63) is 148 Å². The normalized spacial score (nSPS) is 11.5. The number of aromatic amines is 1. The number of benzene rings is 4. The van der Waals surface area contributed by atoms with Gasteiger partial charge in [0.05, 0.1) is 29.2 Å². The molecule has 0 atom stereocenters. The Morgan fingerprint density at radius 3 is 1.88 bits per heavy atom. The number of nitrogens with zero attached hydrogens (tertiary/aromatic N) is 2. The minimum atomic E-state index is -0.129. The first-order valence-electron chi connectivity index (χ1n) is 10.9. The third-order valence-electron chi connectivity index (χ3n) is 5.51. The molecule has 0 saturated heterocycles. The fourth-order valence-corrected chi connectivity index (χ4v) is 3.89. The van der Waals surface area contributed by atoms with E-state index in [1.807, 2.05) is 121 Å². The van der Waals surface area contributed by atoms with Gasteiger partial charge in [0.2, 0.25) is 0 Å². The zero-order chi connectivity index (χ0) is 22.5. The number of para-hydroxylation sites is 1. The molecule has 0 spiro atoms. The molecular formula is C29H23N3O. The van der Waals surface area contributed by atoms with Gasteiger partial charge in [-0.3, -0.25) is 14.9 Å². The van der Waals surface area contributed by atoms with Gasteiger partial charge >= 0.3 is 0 Å². The van der Waals surface area contributed by atoms with Gasteiger partial charge in [0.25, 0.3) is 5.56 Å². The van der Waals surface area contributed by atoms with Gasteiger partial charge in [0.15, 0.2) is 0 Å². The molecule has 4 aromatic carbocycles. The van der Waals surface area contributed by atoms with Crippen LogP contribution in [0.4, 0.5) is 0 Å². The second kappa shape index (κ2) is 9.37. The molecule has 0 bridgehead atoms. The number of hydrogen-bond donors (Lipinski definition) is 1. The molecule has 33 heavy (non-hydrogen) atoms. The second-order valence-electron chi connectivity index (χ2n) is 7.72. The summed E-state index contributed by atoms with van der Waals surface area (Å²) in [5.41, 5.74) is 5.56. The number of rotatable bonds is 6. The third kappa shape index (κ3) is 4.32. The lowest BCUT2D eigenvalue weighted by molar-refractivity contribution is 0.852. The highest BCUT2D eigenvalue weighted by Gasteiger charge is 2.22. The summed E-state index contributed by atoms with van der Waals surface area (Å²) >= 11 is 0. The van der Waals surface area contributed by atoms with E-state index in [1.165, 1.54) is 0 Å². The van der Waals surface area contributed by atoms with Crippen molar-refractivity contribution in [2.45, 2.75) is 6.54 Å². The monoisotopic (exact) mass is 429 g/mol. The number of nitrogens with one attached hydrogen (secondary N) is 1. The summed E-state index contributed by atoms with van der Waals surface area (Å²) in [6, 6.07) is 39.5. The summed E-state index contributed by atoms with van der Waals surface area (Å²) in [7, 11) is 0. The van der Waals surface area contributed by atoms with E-state index in [4.69, 9.17) is 4.99 Å². The Balaban J connectivity index is 1.75. The van der Waals surface area contributed by atoms with Crippen molar-refractivity contribution in [1.82, 2.24) is 9.78 Å². The minimum Gasteiger partial charge on any atom is -0.290 e. The molecule has 0 aliphatic carbocycles. The van der Waals surface area contributed by atoms with Crippen LogP contribution in [0.15, 0.2) is 131 Å². The molecule has 0 radical (unpaired) electrons. The Morgan fingerprint density at radius 1 is 0.697 bits per heavy atom. The van der Waals surface area contributed by atoms with Gasteiger partial charge in [-0.05, 0) is 17.7 Å². The van der Waals surface area contributed by atoms with Crippen molar-refractivity contribution in [2.24, 2.45) is 4.99 Å². The zero-order valence-electron chi connectivity index (χ0n) is 18.1. The van der Waals surface area contributed by atoms with E-state index in [9.17, 15) is 4.79 Å². The van der Waals surface area contributed by atoms with Crippen molar-refractivity contribution in [2.75, 3.05) is 0 Å². The average Bonchev–Trinajstić information content (AvgIpc) is 3.23. The van der Waals surface area contributed by atoms with Gasteiger partial charge < -0.3 is 0 Å². The second-order valence-corrected chi connectivity index (χ2v) is 7.72. The largest absolute Gasteiger partial charge is 0.290 e. The highest BCUT2D eigenvalue weighted by molar-refractivity contribution is 6.15. The first-order valence-corrected chi connectivity index (χ1v) is 10.9. The van der Waals surface area contributed by atoms with E-state index in [1.54, 1.807) is 4.68 Å². The molecule has 4 heteroatoms. The molecule has 1 N–H and O–H groups in total. The average molecular weight is 430 g/mol. The van der Waals surface area contributed by atoms with Gasteiger partial charge in [-0.1, -0.05) is 109 Å². The Labute approximate surface area is 192 Å². The van der Waals surface area contributed by atoms with Gasteiger partial charge in [-0.2, -0.15) is 0 Å². The van der Waals surface area contributed by atoms with E-state index in [-0.39, 0.29) is 5.56 Å².